The Morgan fingerprint density at radius 3 is 1.88 bits per heavy atom. The Hall–Kier alpha value is -0.930. The van der Waals surface area contributed by atoms with Crippen molar-refractivity contribution in [2.24, 2.45) is 0 Å². The molecule has 9 heteroatoms. The van der Waals surface area contributed by atoms with E-state index >= 15 is 0 Å². The van der Waals surface area contributed by atoms with Crippen molar-refractivity contribution < 1.29 is 26.4 Å². The molecule has 0 bridgehead atoms. The lowest BCUT2D eigenvalue weighted by Crippen LogP contribution is -2.43. The SMILES string of the molecule is C=CC(=O)OC(C)N(S(C)(=O)=O)S(C)(=O)=O. The molecule has 1 unspecified atom stereocenters. The number of carbonyl (C=O) groups is 1. The standard InChI is InChI=1S/C7H13NO6S2/c1-5-7(9)14-6(2)8(15(3,10)11)16(4,12)13/h5-6H,1H2,2-4H3. The van der Waals surface area contributed by atoms with E-state index in [4.69, 9.17) is 0 Å². The summed E-state index contributed by atoms with van der Waals surface area (Å²) in [6.07, 6.45) is 0.758. The Bertz CT molecular complexity index is 445. The van der Waals surface area contributed by atoms with Crippen molar-refractivity contribution in [1.82, 2.24) is 3.71 Å². The van der Waals surface area contributed by atoms with Gasteiger partial charge in [-0.25, -0.2) is 21.6 Å². The molecule has 0 fully saturated rings. The van der Waals surface area contributed by atoms with Crippen molar-refractivity contribution in [2.75, 3.05) is 12.5 Å². The topological polar surface area (TPSA) is 97.8 Å². The summed E-state index contributed by atoms with van der Waals surface area (Å²) in [5.74, 6) is -0.912. The van der Waals surface area contributed by atoms with E-state index in [-0.39, 0.29) is 3.71 Å². The molecule has 94 valence electrons. The molecule has 0 saturated carbocycles. The molecule has 0 aromatic carbocycles. The molecule has 0 aliphatic carbocycles. The minimum absolute atomic E-state index is 0.113. The van der Waals surface area contributed by atoms with Crippen LogP contribution in [0.5, 0.6) is 0 Å². The van der Waals surface area contributed by atoms with Gasteiger partial charge in [0.1, 0.15) is 0 Å². The Morgan fingerprint density at radius 2 is 1.62 bits per heavy atom. The van der Waals surface area contributed by atoms with E-state index in [0.29, 0.717) is 12.5 Å². The number of esters is 1. The molecule has 0 aromatic heterocycles. The van der Waals surface area contributed by atoms with Crippen LogP contribution in [0.15, 0.2) is 12.7 Å². The van der Waals surface area contributed by atoms with Gasteiger partial charge < -0.3 is 4.74 Å². The predicted molar refractivity (Wildman–Crippen MR) is 57.3 cm³/mol. The maximum atomic E-state index is 11.2. The lowest BCUT2D eigenvalue weighted by atomic mass is 10.6. The fourth-order valence-corrected chi connectivity index (χ4v) is 4.18. The van der Waals surface area contributed by atoms with Crippen molar-refractivity contribution in [3.05, 3.63) is 12.7 Å². The summed E-state index contributed by atoms with van der Waals surface area (Å²) in [6.45, 7) is 4.23. The number of hydrogen-bond acceptors (Lipinski definition) is 6. The highest BCUT2D eigenvalue weighted by atomic mass is 32.3. The lowest BCUT2D eigenvalue weighted by Gasteiger charge is -2.23. The summed E-state index contributed by atoms with van der Waals surface area (Å²) >= 11 is 0. The number of carbonyl (C=O) groups excluding carboxylic acids is 1. The van der Waals surface area contributed by atoms with Gasteiger partial charge in [-0.05, 0) is 6.92 Å². The molecule has 0 radical (unpaired) electrons. The molecule has 0 N–H and O–H groups in total. The summed E-state index contributed by atoms with van der Waals surface area (Å²) in [6, 6.07) is 0. The van der Waals surface area contributed by atoms with E-state index in [2.05, 4.69) is 11.3 Å². The van der Waals surface area contributed by atoms with Gasteiger partial charge in [-0.2, -0.15) is 0 Å². The van der Waals surface area contributed by atoms with Gasteiger partial charge in [0.25, 0.3) is 0 Å². The molecule has 7 nitrogen and oxygen atoms in total. The maximum Gasteiger partial charge on any atom is 0.331 e. The zero-order valence-electron chi connectivity index (χ0n) is 9.08. The molecule has 16 heavy (non-hydrogen) atoms. The minimum atomic E-state index is -4.04. The highest BCUT2D eigenvalue weighted by Crippen LogP contribution is 2.12. The molecule has 0 heterocycles. The van der Waals surface area contributed by atoms with Crippen LogP contribution in [0.2, 0.25) is 0 Å². The molecule has 1 atom stereocenters. The van der Waals surface area contributed by atoms with Crippen LogP contribution in [0, 0.1) is 0 Å². The zero-order valence-corrected chi connectivity index (χ0v) is 10.7. The van der Waals surface area contributed by atoms with Gasteiger partial charge in [-0.15, -0.1) is 0 Å². The van der Waals surface area contributed by atoms with Crippen LogP contribution in [0.25, 0.3) is 0 Å². The first kappa shape index (κ1) is 15.1. The van der Waals surface area contributed by atoms with E-state index in [1.54, 1.807) is 0 Å². The molecule has 0 aromatic rings. The second kappa shape index (κ2) is 4.93. The van der Waals surface area contributed by atoms with Gasteiger partial charge in [-0.1, -0.05) is 10.3 Å². The predicted octanol–water partition coefficient (Wildman–Crippen LogP) is -0.717. The quantitative estimate of drug-likeness (QED) is 0.372. The van der Waals surface area contributed by atoms with E-state index in [0.717, 1.165) is 13.0 Å². The molecule has 0 aliphatic rings. The van der Waals surface area contributed by atoms with Gasteiger partial charge in [0, 0.05) is 6.08 Å². The first-order valence-corrected chi connectivity index (χ1v) is 7.72. The van der Waals surface area contributed by atoms with E-state index in [1.165, 1.54) is 0 Å². The van der Waals surface area contributed by atoms with E-state index in [9.17, 15) is 21.6 Å². The van der Waals surface area contributed by atoms with Gasteiger partial charge in [0.05, 0.1) is 12.5 Å². The van der Waals surface area contributed by atoms with Gasteiger partial charge in [-0.3, -0.25) is 0 Å². The van der Waals surface area contributed by atoms with Crippen LogP contribution in [-0.4, -0.2) is 45.3 Å². The van der Waals surface area contributed by atoms with Crippen molar-refractivity contribution in [3.8, 4) is 0 Å². The molecule has 0 rings (SSSR count). The first-order chi connectivity index (χ1) is 7.00. The monoisotopic (exact) mass is 271 g/mol. The molecule has 0 amide bonds. The van der Waals surface area contributed by atoms with Crippen molar-refractivity contribution in [1.29, 1.82) is 0 Å². The Morgan fingerprint density at radius 1 is 1.25 bits per heavy atom. The van der Waals surface area contributed by atoms with Crippen molar-refractivity contribution in [3.63, 3.8) is 0 Å². The Balaban J connectivity index is 5.25. The largest absolute Gasteiger partial charge is 0.441 e. The van der Waals surface area contributed by atoms with Gasteiger partial charge >= 0.3 is 5.97 Å². The van der Waals surface area contributed by atoms with Crippen LogP contribution in [0.4, 0.5) is 0 Å². The number of rotatable bonds is 5. The van der Waals surface area contributed by atoms with Gasteiger partial charge in [0.15, 0.2) is 6.23 Å². The van der Waals surface area contributed by atoms with Crippen LogP contribution < -0.4 is 0 Å². The molecule has 0 aliphatic heterocycles. The van der Waals surface area contributed by atoms with E-state index in [1.807, 2.05) is 0 Å². The third kappa shape index (κ3) is 4.29. The molecular weight excluding hydrogens is 258 g/mol. The zero-order chi connectivity index (χ0) is 13.1. The highest BCUT2D eigenvalue weighted by molar-refractivity contribution is 8.03. The second-order valence-corrected chi connectivity index (χ2v) is 6.94. The average molecular weight is 271 g/mol. The normalized spacial score (nSPS) is 14.5. The number of nitrogens with zero attached hydrogens (tertiary/aromatic N) is 1. The van der Waals surface area contributed by atoms with Crippen LogP contribution in [-0.2, 0) is 29.6 Å². The minimum Gasteiger partial charge on any atom is -0.441 e. The first-order valence-electron chi connectivity index (χ1n) is 4.02. The highest BCUT2D eigenvalue weighted by Gasteiger charge is 2.34. The third-order valence-electron chi connectivity index (χ3n) is 1.40. The van der Waals surface area contributed by atoms with Crippen molar-refractivity contribution in [2.45, 2.75) is 13.2 Å². The van der Waals surface area contributed by atoms with Crippen LogP contribution >= 0.6 is 0 Å². The smallest absolute Gasteiger partial charge is 0.331 e. The number of sulfonamides is 2. The van der Waals surface area contributed by atoms with Crippen LogP contribution in [0.3, 0.4) is 0 Å². The van der Waals surface area contributed by atoms with Gasteiger partial charge in [0.2, 0.25) is 20.0 Å². The maximum absolute atomic E-state index is 11.2. The summed E-state index contributed by atoms with van der Waals surface area (Å²) in [4.78, 5) is 10.8. The summed E-state index contributed by atoms with van der Waals surface area (Å²) in [5, 5.41) is 0. The summed E-state index contributed by atoms with van der Waals surface area (Å²) in [5.41, 5.74) is 0. The number of hydrogen-bond donors (Lipinski definition) is 0. The fourth-order valence-electron chi connectivity index (χ4n) is 1.04. The summed E-state index contributed by atoms with van der Waals surface area (Å²) in [7, 11) is -8.08. The third-order valence-corrected chi connectivity index (χ3v) is 4.93. The number of ether oxygens (including phenoxy) is 1. The Labute approximate surface area is 94.8 Å². The molecule has 0 spiro atoms. The lowest BCUT2D eigenvalue weighted by molar-refractivity contribution is -0.144. The van der Waals surface area contributed by atoms with Crippen LogP contribution in [0.1, 0.15) is 6.92 Å². The summed E-state index contributed by atoms with van der Waals surface area (Å²) < 4.78 is 49.5. The molecule has 0 saturated heterocycles. The average Bonchev–Trinajstić information content (AvgIpc) is 1.97. The molecular formula is C7H13NO6S2. The second-order valence-electron chi connectivity index (χ2n) is 2.99. The van der Waals surface area contributed by atoms with E-state index < -0.39 is 32.2 Å². The van der Waals surface area contributed by atoms with Crippen molar-refractivity contribution >= 4 is 26.0 Å². The Kier molecular flexibility index (Phi) is 4.65. The fraction of sp³-hybridized carbons (Fsp3) is 0.571.